The van der Waals surface area contributed by atoms with E-state index >= 15 is 0 Å². The predicted molar refractivity (Wildman–Crippen MR) is 67.8 cm³/mol. The topological polar surface area (TPSA) is 68.0 Å². The molecule has 1 heterocycles. The second-order valence-electron chi connectivity index (χ2n) is 4.36. The van der Waals surface area contributed by atoms with Crippen molar-refractivity contribution in [1.29, 1.82) is 0 Å². The second kappa shape index (κ2) is 5.47. The maximum Gasteiger partial charge on any atom is 0.229 e. The number of nitrogens with zero attached hydrogens (tertiary/aromatic N) is 1. The van der Waals surface area contributed by atoms with Crippen LogP contribution in [-0.2, 0) is 4.79 Å². The Morgan fingerprint density at radius 3 is 3.12 bits per heavy atom. The molecule has 0 aliphatic heterocycles. The first kappa shape index (κ1) is 12.3. The van der Waals surface area contributed by atoms with Crippen molar-refractivity contribution in [3.8, 4) is 0 Å². The molecular weight excluding hydrogens is 238 g/mol. The fourth-order valence-electron chi connectivity index (χ4n) is 2.35. The number of anilines is 1. The molecule has 5 heteroatoms. The summed E-state index contributed by atoms with van der Waals surface area (Å²) in [5, 5.41) is 3.24. The molecule has 2 rings (SSSR count). The summed E-state index contributed by atoms with van der Waals surface area (Å²) in [6.07, 6.45) is 4.61. The third-order valence-corrected chi connectivity index (χ3v) is 3.60. The molecule has 2 unspecified atom stereocenters. The summed E-state index contributed by atoms with van der Waals surface area (Å²) in [4.78, 5) is 16.1. The van der Waals surface area contributed by atoms with Crippen molar-refractivity contribution < 1.29 is 4.79 Å². The first-order valence-corrected chi connectivity index (χ1v) is 6.21. The molecule has 17 heavy (non-hydrogen) atoms. The number of rotatable bonds is 3. The maximum atomic E-state index is 12.1. The summed E-state index contributed by atoms with van der Waals surface area (Å²) in [7, 11) is 0. The molecule has 0 radical (unpaired) electrons. The average Bonchev–Trinajstić information content (AvgIpc) is 2.80. The average molecular weight is 254 g/mol. The Labute approximate surface area is 106 Å². The Morgan fingerprint density at radius 2 is 2.41 bits per heavy atom. The molecule has 0 spiro atoms. The summed E-state index contributed by atoms with van der Waals surface area (Å²) >= 11 is 5.94. The summed E-state index contributed by atoms with van der Waals surface area (Å²) < 4.78 is 0. The number of hydrogen-bond acceptors (Lipinski definition) is 3. The third kappa shape index (κ3) is 2.76. The summed E-state index contributed by atoms with van der Waals surface area (Å²) in [5.41, 5.74) is 5.66. The summed E-state index contributed by atoms with van der Waals surface area (Å²) in [6.45, 7) is 0.564. The molecule has 1 saturated carbocycles. The van der Waals surface area contributed by atoms with Gasteiger partial charge in [0.2, 0.25) is 5.91 Å². The van der Waals surface area contributed by atoms with Gasteiger partial charge in [-0.2, -0.15) is 0 Å². The highest BCUT2D eigenvalue weighted by Gasteiger charge is 2.32. The van der Waals surface area contributed by atoms with E-state index in [1.165, 1.54) is 0 Å². The smallest absolute Gasteiger partial charge is 0.229 e. The van der Waals surface area contributed by atoms with E-state index in [-0.39, 0.29) is 17.7 Å². The van der Waals surface area contributed by atoms with Crippen molar-refractivity contribution in [2.45, 2.75) is 19.3 Å². The van der Waals surface area contributed by atoms with Crippen LogP contribution in [0.25, 0.3) is 0 Å². The predicted octanol–water partition coefficient (Wildman–Crippen LogP) is 2.05. The number of halogens is 1. The molecule has 0 aromatic carbocycles. The van der Waals surface area contributed by atoms with Gasteiger partial charge in [-0.3, -0.25) is 4.79 Å². The Bertz CT molecular complexity index is 410. The number of pyridine rings is 1. The van der Waals surface area contributed by atoms with Crippen molar-refractivity contribution in [1.82, 2.24) is 4.98 Å². The lowest BCUT2D eigenvalue weighted by Gasteiger charge is -2.17. The van der Waals surface area contributed by atoms with Gasteiger partial charge in [0.1, 0.15) is 0 Å². The molecule has 92 valence electrons. The van der Waals surface area contributed by atoms with Crippen LogP contribution in [0.1, 0.15) is 19.3 Å². The Hall–Kier alpha value is -1.13. The zero-order chi connectivity index (χ0) is 12.3. The minimum absolute atomic E-state index is 0.00178. The molecule has 4 nitrogen and oxygen atoms in total. The van der Waals surface area contributed by atoms with Crippen LogP contribution < -0.4 is 11.1 Å². The number of amides is 1. The number of nitrogens with two attached hydrogens (primary N) is 1. The van der Waals surface area contributed by atoms with Gasteiger partial charge in [0.05, 0.1) is 5.02 Å². The highest BCUT2D eigenvalue weighted by molar-refractivity contribution is 6.33. The molecule has 1 aliphatic rings. The first-order valence-electron chi connectivity index (χ1n) is 5.84. The van der Waals surface area contributed by atoms with Gasteiger partial charge >= 0.3 is 0 Å². The van der Waals surface area contributed by atoms with E-state index in [9.17, 15) is 4.79 Å². The van der Waals surface area contributed by atoms with E-state index in [1.54, 1.807) is 18.3 Å². The fourth-order valence-corrected chi connectivity index (χ4v) is 2.52. The van der Waals surface area contributed by atoms with E-state index in [2.05, 4.69) is 10.3 Å². The minimum atomic E-state index is -0.0152. The zero-order valence-electron chi connectivity index (χ0n) is 9.53. The van der Waals surface area contributed by atoms with E-state index in [4.69, 9.17) is 17.3 Å². The van der Waals surface area contributed by atoms with Crippen molar-refractivity contribution in [2.24, 2.45) is 17.6 Å². The van der Waals surface area contributed by atoms with Gasteiger partial charge in [-0.05, 0) is 37.4 Å². The van der Waals surface area contributed by atoms with Crippen molar-refractivity contribution in [3.05, 3.63) is 23.4 Å². The molecule has 3 N–H and O–H groups in total. The van der Waals surface area contributed by atoms with Crippen LogP contribution in [0.5, 0.6) is 0 Å². The summed E-state index contributed by atoms with van der Waals surface area (Å²) in [6, 6.07) is 3.44. The summed E-state index contributed by atoms with van der Waals surface area (Å²) in [5.74, 6) is 0.705. The van der Waals surface area contributed by atoms with Crippen molar-refractivity contribution in [2.75, 3.05) is 11.9 Å². The largest absolute Gasteiger partial charge is 0.330 e. The number of carbonyl (C=O) groups excluding carboxylic acids is 1. The highest BCUT2D eigenvalue weighted by Crippen LogP contribution is 2.32. The lowest BCUT2D eigenvalue weighted by molar-refractivity contribution is -0.120. The van der Waals surface area contributed by atoms with Gasteiger partial charge in [-0.1, -0.05) is 18.0 Å². The molecule has 1 amide bonds. The van der Waals surface area contributed by atoms with Crippen LogP contribution in [0.4, 0.5) is 5.82 Å². The second-order valence-corrected chi connectivity index (χ2v) is 4.76. The van der Waals surface area contributed by atoms with E-state index in [0.717, 1.165) is 19.3 Å². The number of carbonyl (C=O) groups is 1. The lowest BCUT2D eigenvalue weighted by Crippen LogP contribution is -2.30. The molecule has 0 saturated heterocycles. The molecule has 2 atom stereocenters. The number of aromatic nitrogens is 1. The Balaban J connectivity index is 2.04. The van der Waals surface area contributed by atoms with Crippen molar-refractivity contribution in [3.63, 3.8) is 0 Å². The molecule has 1 aromatic rings. The quantitative estimate of drug-likeness (QED) is 0.866. The first-order chi connectivity index (χ1) is 8.22. The van der Waals surface area contributed by atoms with Crippen LogP contribution in [0.3, 0.4) is 0 Å². The monoisotopic (exact) mass is 253 g/mol. The van der Waals surface area contributed by atoms with Crippen molar-refractivity contribution >= 4 is 23.3 Å². The zero-order valence-corrected chi connectivity index (χ0v) is 10.3. The molecule has 0 bridgehead atoms. The third-order valence-electron chi connectivity index (χ3n) is 3.30. The fraction of sp³-hybridized carbons (Fsp3) is 0.500. The Kier molecular flexibility index (Phi) is 3.97. The van der Waals surface area contributed by atoms with Gasteiger partial charge in [0, 0.05) is 12.1 Å². The normalized spacial score (nSPS) is 23.6. The molecular formula is C12H16ClN3O. The highest BCUT2D eigenvalue weighted by atomic mass is 35.5. The molecule has 1 aliphatic carbocycles. The minimum Gasteiger partial charge on any atom is -0.330 e. The van der Waals surface area contributed by atoms with Crippen LogP contribution in [0, 0.1) is 11.8 Å². The van der Waals surface area contributed by atoms with Gasteiger partial charge in [-0.15, -0.1) is 0 Å². The van der Waals surface area contributed by atoms with Crippen LogP contribution in [0.15, 0.2) is 18.3 Å². The van der Waals surface area contributed by atoms with E-state index in [1.807, 2.05) is 0 Å². The van der Waals surface area contributed by atoms with Gasteiger partial charge in [0.15, 0.2) is 5.82 Å². The Morgan fingerprint density at radius 1 is 1.59 bits per heavy atom. The van der Waals surface area contributed by atoms with Gasteiger partial charge < -0.3 is 11.1 Å². The molecule has 1 aromatic heterocycles. The maximum absolute atomic E-state index is 12.1. The number of hydrogen-bond donors (Lipinski definition) is 2. The van der Waals surface area contributed by atoms with E-state index in [0.29, 0.717) is 17.4 Å². The SMILES string of the molecule is NCC1CCCC1C(=O)Nc1ncccc1Cl. The van der Waals surface area contributed by atoms with Crippen LogP contribution >= 0.6 is 11.6 Å². The van der Waals surface area contributed by atoms with Gasteiger partial charge in [0.25, 0.3) is 0 Å². The lowest BCUT2D eigenvalue weighted by atomic mass is 9.95. The van der Waals surface area contributed by atoms with E-state index < -0.39 is 0 Å². The standard InChI is InChI=1S/C12H16ClN3O/c13-10-5-2-6-15-11(10)16-12(17)9-4-1-3-8(9)7-14/h2,5-6,8-9H,1,3-4,7,14H2,(H,15,16,17). The molecule has 1 fully saturated rings. The number of nitrogens with one attached hydrogen (secondary N) is 1. The van der Waals surface area contributed by atoms with Crippen LogP contribution in [-0.4, -0.2) is 17.4 Å². The van der Waals surface area contributed by atoms with Gasteiger partial charge in [-0.25, -0.2) is 4.98 Å². The van der Waals surface area contributed by atoms with Crippen LogP contribution in [0.2, 0.25) is 5.02 Å².